The van der Waals surface area contributed by atoms with Crippen molar-refractivity contribution >= 4 is 0 Å². The second-order valence-corrected chi connectivity index (χ2v) is 5.26. The Labute approximate surface area is 118 Å². The Morgan fingerprint density at radius 1 is 1.00 bits per heavy atom. The Balaban J connectivity index is 1.89. The van der Waals surface area contributed by atoms with Crippen LogP contribution in [0.3, 0.4) is 0 Å². The maximum absolute atomic E-state index is 5.86. The van der Waals surface area contributed by atoms with Crippen LogP contribution in [-0.4, -0.2) is 52.2 Å². The van der Waals surface area contributed by atoms with Gasteiger partial charge in [-0.15, -0.1) is 0 Å². The predicted molar refractivity (Wildman–Crippen MR) is 77.6 cm³/mol. The summed E-state index contributed by atoms with van der Waals surface area (Å²) >= 11 is 0. The van der Waals surface area contributed by atoms with Gasteiger partial charge in [0.2, 0.25) is 0 Å². The Kier molecular flexibility index (Phi) is 10.4. The number of hydrogen-bond acceptors (Lipinski definition) is 4. The number of ether oxygens (including phenoxy) is 3. The first-order valence-electron chi connectivity index (χ1n) is 7.78. The first-order chi connectivity index (χ1) is 9.36. The highest BCUT2D eigenvalue weighted by atomic mass is 16.5. The second kappa shape index (κ2) is 11.6. The van der Waals surface area contributed by atoms with Gasteiger partial charge in [-0.05, 0) is 45.1 Å². The maximum atomic E-state index is 5.86. The Morgan fingerprint density at radius 3 is 2.47 bits per heavy atom. The van der Waals surface area contributed by atoms with E-state index in [1.807, 2.05) is 0 Å². The first kappa shape index (κ1) is 16.9. The van der Waals surface area contributed by atoms with Crippen LogP contribution in [0.1, 0.15) is 45.4 Å². The highest BCUT2D eigenvalue weighted by Crippen LogP contribution is 2.21. The van der Waals surface area contributed by atoms with E-state index in [-0.39, 0.29) is 0 Å². The lowest BCUT2D eigenvalue weighted by Gasteiger charge is -2.29. The van der Waals surface area contributed by atoms with Crippen molar-refractivity contribution in [1.82, 2.24) is 5.32 Å². The van der Waals surface area contributed by atoms with Crippen molar-refractivity contribution in [3.63, 3.8) is 0 Å². The summed E-state index contributed by atoms with van der Waals surface area (Å²) in [7, 11) is 1.72. The van der Waals surface area contributed by atoms with Crippen LogP contribution >= 0.6 is 0 Å². The maximum Gasteiger partial charge on any atom is 0.0704 e. The van der Waals surface area contributed by atoms with Crippen molar-refractivity contribution in [2.24, 2.45) is 0 Å². The summed E-state index contributed by atoms with van der Waals surface area (Å²) in [6, 6.07) is 0.713. The molecule has 0 aromatic rings. The Morgan fingerprint density at radius 2 is 1.79 bits per heavy atom. The van der Waals surface area contributed by atoms with Gasteiger partial charge >= 0.3 is 0 Å². The number of nitrogens with one attached hydrogen (secondary N) is 1. The van der Waals surface area contributed by atoms with E-state index in [2.05, 4.69) is 12.2 Å². The van der Waals surface area contributed by atoms with Crippen LogP contribution in [-0.2, 0) is 14.2 Å². The number of methoxy groups -OCH3 is 1. The SMILES string of the molecule is CCCNC1CCC(OCCOCCCOC)CC1. The lowest BCUT2D eigenvalue weighted by atomic mass is 9.93. The Hall–Kier alpha value is -0.160. The average Bonchev–Trinajstić information content (AvgIpc) is 2.45. The molecule has 1 fully saturated rings. The van der Waals surface area contributed by atoms with Crippen molar-refractivity contribution in [2.75, 3.05) is 40.1 Å². The molecule has 0 unspecified atom stereocenters. The quantitative estimate of drug-likeness (QED) is 0.587. The minimum atomic E-state index is 0.447. The fourth-order valence-corrected chi connectivity index (χ4v) is 2.46. The average molecular weight is 273 g/mol. The molecule has 1 saturated carbocycles. The molecule has 19 heavy (non-hydrogen) atoms. The fourth-order valence-electron chi connectivity index (χ4n) is 2.46. The van der Waals surface area contributed by atoms with E-state index in [9.17, 15) is 0 Å². The molecule has 0 atom stereocenters. The summed E-state index contributed by atoms with van der Waals surface area (Å²) in [6.07, 6.45) is 7.50. The lowest BCUT2D eigenvalue weighted by Crippen LogP contribution is -2.36. The molecule has 114 valence electrons. The summed E-state index contributed by atoms with van der Waals surface area (Å²) in [5, 5.41) is 3.60. The molecule has 0 spiro atoms. The molecule has 1 aliphatic carbocycles. The summed E-state index contributed by atoms with van der Waals surface area (Å²) in [4.78, 5) is 0. The highest BCUT2D eigenvalue weighted by molar-refractivity contribution is 4.77. The van der Waals surface area contributed by atoms with Crippen LogP contribution in [0.2, 0.25) is 0 Å². The highest BCUT2D eigenvalue weighted by Gasteiger charge is 2.20. The predicted octanol–water partition coefficient (Wildman–Crippen LogP) is 2.37. The van der Waals surface area contributed by atoms with Crippen molar-refractivity contribution < 1.29 is 14.2 Å². The zero-order valence-corrected chi connectivity index (χ0v) is 12.7. The standard InChI is InChI=1S/C15H31NO3/c1-3-9-16-14-5-7-15(8-6-14)19-13-12-18-11-4-10-17-2/h14-16H,3-13H2,1-2H3. The normalized spacial score (nSPS) is 23.7. The molecule has 0 bridgehead atoms. The summed E-state index contributed by atoms with van der Waals surface area (Å²) in [6.45, 7) is 6.34. The summed E-state index contributed by atoms with van der Waals surface area (Å²) in [5.41, 5.74) is 0. The summed E-state index contributed by atoms with van der Waals surface area (Å²) < 4.78 is 16.3. The molecule has 0 heterocycles. The molecule has 4 heteroatoms. The van der Waals surface area contributed by atoms with Gasteiger partial charge < -0.3 is 19.5 Å². The molecule has 0 amide bonds. The Bertz CT molecular complexity index is 194. The topological polar surface area (TPSA) is 39.7 Å². The van der Waals surface area contributed by atoms with Crippen molar-refractivity contribution in [1.29, 1.82) is 0 Å². The molecule has 0 radical (unpaired) electrons. The molecule has 1 aliphatic rings. The zero-order valence-electron chi connectivity index (χ0n) is 12.7. The third-order valence-corrected chi connectivity index (χ3v) is 3.58. The van der Waals surface area contributed by atoms with Crippen LogP contribution in [0.25, 0.3) is 0 Å². The van der Waals surface area contributed by atoms with Crippen LogP contribution in [0.4, 0.5) is 0 Å². The fraction of sp³-hybridized carbons (Fsp3) is 1.00. The third-order valence-electron chi connectivity index (χ3n) is 3.58. The van der Waals surface area contributed by atoms with Gasteiger partial charge in [0.1, 0.15) is 0 Å². The number of hydrogen-bond donors (Lipinski definition) is 1. The van der Waals surface area contributed by atoms with E-state index in [1.165, 1.54) is 32.1 Å². The van der Waals surface area contributed by atoms with Gasteiger partial charge in [0.05, 0.1) is 19.3 Å². The smallest absolute Gasteiger partial charge is 0.0704 e. The van der Waals surface area contributed by atoms with Gasteiger partial charge in [0, 0.05) is 26.4 Å². The molecule has 0 aliphatic heterocycles. The minimum Gasteiger partial charge on any atom is -0.385 e. The molecular formula is C15H31NO3. The summed E-state index contributed by atoms with van der Waals surface area (Å²) in [5.74, 6) is 0. The molecular weight excluding hydrogens is 242 g/mol. The number of rotatable bonds is 11. The van der Waals surface area contributed by atoms with E-state index in [1.54, 1.807) is 7.11 Å². The molecule has 4 nitrogen and oxygen atoms in total. The van der Waals surface area contributed by atoms with Crippen LogP contribution < -0.4 is 5.32 Å². The van der Waals surface area contributed by atoms with E-state index in [4.69, 9.17) is 14.2 Å². The van der Waals surface area contributed by atoms with Gasteiger partial charge in [0.15, 0.2) is 0 Å². The lowest BCUT2D eigenvalue weighted by molar-refractivity contribution is -0.0157. The monoisotopic (exact) mass is 273 g/mol. The van der Waals surface area contributed by atoms with Crippen LogP contribution in [0, 0.1) is 0 Å². The van der Waals surface area contributed by atoms with Crippen molar-refractivity contribution in [3.8, 4) is 0 Å². The molecule has 0 aromatic carbocycles. The van der Waals surface area contributed by atoms with Gasteiger partial charge in [-0.1, -0.05) is 6.92 Å². The zero-order chi connectivity index (χ0) is 13.8. The minimum absolute atomic E-state index is 0.447. The van der Waals surface area contributed by atoms with E-state index in [0.29, 0.717) is 18.8 Å². The first-order valence-corrected chi connectivity index (χ1v) is 7.78. The van der Waals surface area contributed by atoms with E-state index in [0.717, 1.165) is 32.8 Å². The largest absolute Gasteiger partial charge is 0.385 e. The van der Waals surface area contributed by atoms with Crippen molar-refractivity contribution in [3.05, 3.63) is 0 Å². The molecule has 1 rings (SSSR count). The van der Waals surface area contributed by atoms with E-state index >= 15 is 0 Å². The van der Waals surface area contributed by atoms with Gasteiger partial charge in [-0.2, -0.15) is 0 Å². The molecule has 1 N–H and O–H groups in total. The van der Waals surface area contributed by atoms with E-state index < -0.39 is 0 Å². The third kappa shape index (κ3) is 8.58. The van der Waals surface area contributed by atoms with Crippen LogP contribution in [0.5, 0.6) is 0 Å². The van der Waals surface area contributed by atoms with Crippen molar-refractivity contribution in [2.45, 2.75) is 57.6 Å². The molecule has 0 saturated heterocycles. The van der Waals surface area contributed by atoms with Crippen LogP contribution in [0.15, 0.2) is 0 Å². The van der Waals surface area contributed by atoms with Gasteiger partial charge in [-0.3, -0.25) is 0 Å². The second-order valence-electron chi connectivity index (χ2n) is 5.26. The molecule has 0 aromatic heterocycles. The van der Waals surface area contributed by atoms with Gasteiger partial charge in [-0.25, -0.2) is 0 Å². The van der Waals surface area contributed by atoms with Gasteiger partial charge in [0.25, 0.3) is 0 Å².